The summed E-state index contributed by atoms with van der Waals surface area (Å²) < 4.78 is 0.176. The second-order valence-corrected chi connectivity index (χ2v) is 7.39. The Labute approximate surface area is 122 Å². The molecule has 2 atom stereocenters. The van der Waals surface area contributed by atoms with Crippen LogP contribution in [0.15, 0.2) is 0 Å². The first kappa shape index (κ1) is 16.8. The van der Waals surface area contributed by atoms with Crippen LogP contribution >= 0.6 is 11.8 Å². The van der Waals surface area contributed by atoms with Crippen LogP contribution in [0.1, 0.15) is 59.3 Å². The molecule has 0 aromatic rings. The van der Waals surface area contributed by atoms with Gasteiger partial charge in [0.15, 0.2) is 0 Å². The van der Waals surface area contributed by atoms with Crippen LogP contribution in [0.3, 0.4) is 0 Å². The van der Waals surface area contributed by atoms with Gasteiger partial charge >= 0.3 is 0 Å². The van der Waals surface area contributed by atoms with Crippen molar-refractivity contribution in [3.05, 3.63) is 0 Å². The van der Waals surface area contributed by atoms with Crippen molar-refractivity contribution in [2.45, 2.75) is 69.6 Å². The molecule has 0 aromatic carbocycles. The lowest BCUT2D eigenvalue weighted by Gasteiger charge is -2.38. The molecule has 0 radical (unpaired) electrons. The quantitative estimate of drug-likeness (QED) is 0.789. The van der Waals surface area contributed by atoms with Crippen LogP contribution in [0.4, 0.5) is 0 Å². The molecular weight excluding hydrogens is 256 g/mol. The molecule has 1 rings (SSSR count). The van der Waals surface area contributed by atoms with Gasteiger partial charge in [0.1, 0.15) is 0 Å². The first-order valence-corrected chi connectivity index (χ1v) is 8.75. The van der Waals surface area contributed by atoms with Gasteiger partial charge in [0, 0.05) is 16.8 Å². The summed E-state index contributed by atoms with van der Waals surface area (Å²) in [6.07, 6.45) is 8.46. The smallest absolute Gasteiger partial charge is 0.225 e. The molecule has 3 nitrogen and oxygen atoms in total. The first-order valence-electron chi connectivity index (χ1n) is 7.52. The van der Waals surface area contributed by atoms with E-state index in [1.807, 2.05) is 18.7 Å². The van der Waals surface area contributed by atoms with Gasteiger partial charge in [0.05, 0.1) is 5.92 Å². The third-order valence-corrected chi connectivity index (χ3v) is 6.46. The van der Waals surface area contributed by atoms with Gasteiger partial charge in [0.2, 0.25) is 5.91 Å². The molecule has 0 aromatic heterocycles. The van der Waals surface area contributed by atoms with Crippen molar-refractivity contribution >= 4 is 17.7 Å². The van der Waals surface area contributed by atoms with E-state index in [0.717, 1.165) is 45.1 Å². The van der Waals surface area contributed by atoms with Crippen molar-refractivity contribution in [3.63, 3.8) is 0 Å². The summed E-state index contributed by atoms with van der Waals surface area (Å²) >= 11 is 1.86. The summed E-state index contributed by atoms with van der Waals surface area (Å²) in [6, 6.07) is 0. The van der Waals surface area contributed by atoms with Gasteiger partial charge in [-0.15, -0.1) is 0 Å². The number of nitrogens with two attached hydrogens (primary N) is 1. The fraction of sp³-hybridized carbons (Fsp3) is 0.933. The summed E-state index contributed by atoms with van der Waals surface area (Å²) in [6.45, 7) is 7.17. The molecular formula is C15H30N2OS. The SMILES string of the molecule is CCC(CC)(CNC(=O)C1CCCCC1(C)N)SC. The standard InChI is InChI=1S/C15H30N2OS/c1-5-15(6-2,19-4)11-17-13(18)12-9-7-8-10-14(12,3)16/h12H,5-11,16H2,1-4H3,(H,17,18). The van der Waals surface area contributed by atoms with E-state index in [4.69, 9.17) is 5.73 Å². The minimum absolute atomic E-state index is 0.0190. The molecule has 0 spiro atoms. The highest BCUT2D eigenvalue weighted by Crippen LogP contribution is 2.33. The molecule has 19 heavy (non-hydrogen) atoms. The molecule has 3 N–H and O–H groups in total. The largest absolute Gasteiger partial charge is 0.354 e. The molecule has 0 heterocycles. The van der Waals surface area contributed by atoms with E-state index in [0.29, 0.717) is 0 Å². The third kappa shape index (κ3) is 4.12. The van der Waals surface area contributed by atoms with E-state index in [9.17, 15) is 4.79 Å². The van der Waals surface area contributed by atoms with E-state index >= 15 is 0 Å². The Hall–Kier alpha value is -0.220. The average Bonchev–Trinajstić information content (AvgIpc) is 2.40. The maximum Gasteiger partial charge on any atom is 0.225 e. The highest BCUT2D eigenvalue weighted by Gasteiger charge is 2.38. The lowest BCUT2D eigenvalue weighted by molar-refractivity contribution is -0.128. The Morgan fingerprint density at radius 1 is 1.42 bits per heavy atom. The monoisotopic (exact) mass is 286 g/mol. The molecule has 1 aliphatic carbocycles. The summed E-state index contributed by atoms with van der Waals surface area (Å²) in [5, 5.41) is 3.16. The van der Waals surface area contributed by atoms with Crippen LogP contribution in [0.5, 0.6) is 0 Å². The maximum atomic E-state index is 12.4. The predicted molar refractivity (Wildman–Crippen MR) is 84.4 cm³/mol. The maximum absolute atomic E-state index is 12.4. The first-order chi connectivity index (χ1) is 8.90. The van der Waals surface area contributed by atoms with Gasteiger partial charge in [-0.25, -0.2) is 0 Å². The van der Waals surface area contributed by atoms with E-state index in [1.54, 1.807) is 0 Å². The summed E-state index contributed by atoms with van der Waals surface area (Å²) in [5.41, 5.74) is 5.96. The van der Waals surface area contributed by atoms with Crippen molar-refractivity contribution in [2.24, 2.45) is 11.7 Å². The molecule has 0 bridgehead atoms. The fourth-order valence-corrected chi connectivity index (χ4v) is 3.82. The normalized spacial score (nSPS) is 28.2. The average molecular weight is 286 g/mol. The molecule has 1 fully saturated rings. The molecule has 2 unspecified atom stereocenters. The highest BCUT2D eigenvalue weighted by atomic mass is 32.2. The zero-order valence-electron chi connectivity index (χ0n) is 12.9. The Bertz CT molecular complexity index is 292. The zero-order chi connectivity index (χ0) is 14.5. The number of carbonyl (C=O) groups is 1. The third-order valence-electron chi connectivity index (χ3n) is 4.88. The number of thioether (sulfide) groups is 1. The molecule has 0 aliphatic heterocycles. The van der Waals surface area contributed by atoms with Gasteiger partial charge in [-0.1, -0.05) is 26.7 Å². The van der Waals surface area contributed by atoms with Crippen LogP contribution in [-0.2, 0) is 4.79 Å². The van der Waals surface area contributed by atoms with Crippen molar-refractivity contribution < 1.29 is 4.79 Å². The Balaban J connectivity index is 2.59. The van der Waals surface area contributed by atoms with Crippen LogP contribution in [0, 0.1) is 5.92 Å². The molecule has 112 valence electrons. The molecule has 1 aliphatic rings. The number of rotatable bonds is 6. The molecule has 0 saturated heterocycles. The van der Waals surface area contributed by atoms with Gasteiger partial charge in [0.25, 0.3) is 0 Å². The minimum atomic E-state index is -0.331. The van der Waals surface area contributed by atoms with Crippen LogP contribution in [-0.4, -0.2) is 29.0 Å². The van der Waals surface area contributed by atoms with Crippen LogP contribution in [0.2, 0.25) is 0 Å². The van der Waals surface area contributed by atoms with Gasteiger partial charge in [-0.05, 0) is 38.9 Å². The summed E-state index contributed by atoms with van der Waals surface area (Å²) in [7, 11) is 0. The van der Waals surface area contributed by atoms with Crippen LogP contribution < -0.4 is 11.1 Å². The van der Waals surface area contributed by atoms with Crippen molar-refractivity contribution in [1.82, 2.24) is 5.32 Å². The van der Waals surface area contributed by atoms with E-state index in [2.05, 4.69) is 25.4 Å². The second kappa shape index (κ2) is 6.98. The van der Waals surface area contributed by atoms with E-state index < -0.39 is 0 Å². The molecule has 4 heteroatoms. The van der Waals surface area contributed by atoms with E-state index in [-0.39, 0.29) is 22.1 Å². The number of hydrogen-bond acceptors (Lipinski definition) is 3. The van der Waals surface area contributed by atoms with Gasteiger partial charge in [-0.3, -0.25) is 4.79 Å². The van der Waals surface area contributed by atoms with E-state index in [1.165, 1.54) is 0 Å². The fourth-order valence-electron chi connectivity index (χ4n) is 3.02. The topological polar surface area (TPSA) is 55.1 Å². The summed E-state index contributed by atoms with van der Waals surface area (Å²) in [4.78, 5) is 12.4. The van der Waals surface area contributed by atoms with Crippen LogP contribution in [0.25, 0.3) is 0 Å². The Morgan fingerprint density at radius 3 is 2.53 bits per heavy atom. The molecule has 1 amide bonds. The number of carbonyl (C=O) groups excluding carboxylic acids is 1. The minimum Gasteiger partial charge on any atom is -0.354 e. The number of nitrogens with one attached hydrogen (secondary N) is 1. The highest BCUT2D eigenvalue weighted by molar-refractivity contribution is 8.00. The lowest BCUT2D eigenvalue weighted by Crippen LogP contribution is -2.54. The molecule has 1 saturated carbocycles. The van der Waals surface area contributed by atoms with Gasteiger partial charge in [-0.2, -0.15) is 11.8 Å². The Kier molecular flexibility index (Phi) is 6.18. The Morgan fingerprint density at radius 2 is 2.05 bits per heavy atom. The number of amides is 1. The van der Waals surface area contributed by atoms with Crippen molar-refractivity contribution in [3.8, 4) is 0 Å². The number of hydrogen-bond donors (Lipinski definition) is 2. The zero-order valence-corrected chi connectivity index (χ0v) is 13.7. The van der Waals surface area contributed by atoms with Gasteiger partial charge < -0.3 is 11.1 Å². The lowest BCUT2D eigenvalue weighted by atomic mass is 9.74. The second-order valence-electron chi connectivity index (χ2n) is 6.12. The predicted octanol–water partition coefficient (Wildman–Crippen LogP) is 2.93. The van der Waals surface area contributed by atoms with Crippen molar-refractivity contribution in [1.29, 1.82) is 0 Å². The summed E-state index contributed by atoms with van der Waals surface area (Å²) in [5.74, 6) is 0.138. The van der Waals surface area contributed by atoms with Crippen molar-refractivity contribution in [2.75, 3.05) is 12.8 Å².